The van der Waals surface area contributed by atoms with Crippen LogP contribution in [-0.2, 0) is 29.9 Å². The van der Waals surface area contributed by atoms with E-state index in [1.54, 1.807) is 0 Å². The number of aromatic amines is 1. The number of likely N-dealkylation sites (tertiary alicyclic amines) is 1. The van der Waals surface area contributed by atoms with E-state index in [-0.39, 0.29) is 12.0 Å². The molecule has 2 aromatic carbocycles. The third-order valence-electron chi connectivity index (χ3n) is 6.62. The lowest BCUT2D eigenvalue weighted by molar-refractivity contribution is -0.163. The fraction of sp³-hybridized carbons (Fsp3) is 0.385. The summed E-state index contributed by atoms with van der Waals surface area (Å²) >= 11 is 0. The monoisotopic (exact) mass is 482 g/mol. The molecule has 4 rings (SSSR count). The Bertz CT molecular complexity index is 1110. The highest BCUT2D eigenvalue weighted by molar-refractivity contribution is 7.85. The van der Waals surface area contributed by atoms with Gasteiger partial charge in [-0.05, 0) is 55.0 Å². The van der Waals surface area contributed by atoms with E-state index in [9.17, 15) is 13.8 Å². The first-order valence-electron chi connectivity index (χ1n) is 11.4. The highest BCUT2D eigenvalue weighted by atomic mass is 32.2. The van der Waals surface area contributed by atoms with Crippen LogP contribution in [0, 0.1) is 11.8 Å². The fourth-order valence-corrected chi connectivity index (χ4v) is 5.93. The summed E-state index contributed by atoms with van der Waals surface area (Å²) in [5, 5.41) is 1.10. The van der Waals surface area contributed by atoms with Crippen LogP contribution in [0.1, 0.15) is 24.6 Å². The van der Waals surface area contributed by atoms with Crippen molar-refractivity contribution in [1.29, 1.82) is 0 Å². The molecule has 180 valence electrons. The number of para-hydroxylation sites is 1. The van der Waals surface area contributed by atoms with Crippen LogP contribution < -0.4 is 0 Å². The molecule has 34 heavy (non-hydrogen) atoms. The zero-order valence-electron chi connectivity index (χ0n) is 19.4. The number of nitrogens with zero attached hydrogens (tertiary/aromatic N) is 1. The highest BCUT2D eigenvalue weighted by Gasteiger charge is 2.42. The molecule has 0 amide bonds. The number of ether oxygens (including phenoxy) is 2. The van der Waals surface area contributed by atoms with Gasteiger partial charge < -0.3 is 14.5 Å². The second kappa shape index (κ2) is 11.0. The van der Waals surface area contributed by atoms with Crippen LogP contribution in [0.15, 0.2) is 65.6 Å². The number of piperidine rings is 1. The summed E-state index contributed by atoms with van der Waals surface area (Å²) in [7, 11) is 1.48. The Morgan fingerprint density at radius 3 is 2.41 bits per heavy atom. The predicted octanol–water partition coefficient (Wildman–Crippen LogP) is 3.69. The molecule has 1 aliphatic rings. The van der Waals surface area contributed by atoms with Crippen molar-refractivity contribution in [3.8, 4) is 0 Å². The van der Waals surface area contributed by atoms with Crippen LogP contribution in [0.5, 0.6) is 0 Å². The van der Waals surface area contributed by atoms with Crippen LogP contribution in [-0.4, -0.2) is 59.1 Å². The number of carbonyl (C=O) groups is 2. The Morgan fingerprint density at radius 1 is 1.06 bits per heavy atom. The average molecular weight is 483 g/mol. The van der Waals surface area contributed by atoms with Gasteiger partial charge in [-0.2, -0.15) is 0 Å². The molecule has 1 unspecified atom stereocenters. The minimum absolute atomic E-state index is 0.0595. The van der Waals surface area contributed by atoms with Crippen LogP contribution in [0.3, 0.4) is 0 Å². The average Bonchev–Trinajstić information content (AvgIpc) is 3.32. The van der Waals surface area contributed by atoms with Crippen molar-refractivity contribution in [3.05, 3.63) is 66.4 Å². The van der Waals surface area contributed by atoms with Gasteiger partial charge in [0.25, 0.3) is 0 Å². The first-order chi connectivity index (χ1) is 16.5. The molecule has 1 aliphatic heterocycles. The number of aromatic nitrogens is 1. The Hall–Kier alpha value is -2.97. The fourth-order valence-electron chi connectivity index (χ4n) is 4.84. The lowest BCUT2D eigenvalue weighted by Gasteiger charge is -2.40. The minimum atomic E-state index is -1.11. The quantitative estimate of drug-likeness (QED) is 0.389. The molecule has 3 aromatic rings. The predicted molar refractivity (Wildman–Crippen MR) is 131 cm³/mol. The van der Waals surface area contributed by atoms with E-state index in [1.165, 1.54) is 14.2 Å². The van der Waals surface area contributed by atoms with Crippen molar-refractivity contribution in [2.75, 3.05) is 33.1 Å². The second-order valence-electron chi connectivity index (χ2n) is 8.53. The summed E-state index contributed by atoms with van der Waals surface area (Å²) in [5.41, 5.74) is 2.05. The number of hydrogen-bond acceptors (Lipinski definition) is 6. The molecule has 0 saturated carbocycles. The maximum atomic E-state index is 12.9. The maximum absolute atomic E-state index is 12.9. The molecule has 0 radical (unpaired) electrons. The molecule has 7 nitrogen and oxygen atoms in total. The molecule has 3 atom stereocenters. The van der Waals surface area contributed by atoms with Gasteiger partial charge in [0.05, 0.1) is 31.1 Å². The van der Waals surface area contributed by atoms with Gasteiger partial charge in [-0.15, -0.1) is 0 Å². The first-order valence-corrected chi connectivity index (χ1v) is 12.7. The molecule has 8 heteroatoms. The number of hydrogen-bond donors (Lipinski definition) is 1. The van der Waals surface area contributed by atoms with E-state index in [1.807, 2.05) is 48.5 Å². The Labute approximate surface area is 201 Å². The number of esters is 2. The Morgan fingerprint density at radius 2 is 1.74 bits per heavy atom. The molecule has 1 fully saturated rings. The molecule has 0 aliphatic carbocycles. The van der Waals surface area contributed by atoms with E-state index >= 15 is 0 Å². The van der Waals surface area contributed by atoms with Crippen molar-refractivity contribution in [1.82, 2.24) is 9.88 Å². The van der Waals surface area contributed by atoms with Gasteiger partial charge in [-0.1, -0.05) is 36.4 Å². The molecule has 1 N–H and O–H groups in total. The van der Waals surface area contributed by atoms with Crippen molar-refractivity contribution in [2.24, 2.45) is 11.8 Å². The number of H-pyrrole nitrogens is 1. The molecule has 1 saturated heterocycles. The lowest BCUT2D eigenvalue weighted by atomic mass is 9.80. The Kier molecular flexibility index (Phi) is 7.80. The summed E-state index contributed by atoms with van der Waals surface area (Å²) < 4.78 is 22.7. The molecule has 0 spiro atoms. The van der Waals surface area contributed by atoms with Gasteiger partial charge in [-0.3, -0.25) is 18.7 Å². The van der Waals surface area contributed by atoms with Gasteiger partial charge in [0.2, 0.25) is 0 Å². The summed E-state index contributed by atoms with van der Waals surface area (Å²) in [5.74, 6) is -1.80. The van der Waals surface area contributed by atoms with Gasteiger partial charge in [0.1, 0.15) is 0 Å². The maximum Gasteiger partial charge on any atom is 0.320 e. The van der Waals surface area contributed by atoms with E-state index < -0.39 is 28.7 Å². The highest BCUT2D eigenvalue weighted by Crippen LogP contribution is 2.39. The topological polar surface area (TPSA) is 88.7 Å². The van der Waals surface area contributed by atoms with Crippen molar-refractivity contribution < 1.29 is 23.3 Å². The zero-order valence-corrected chi connectivity index (χ0v) is 20.3. The van der Waals surface area contributed by atoms with E-state index in [0.29, 0.717) is 31.7 Å². The first kappa shape index (κ1) is 24.2. The van der Waals surface area contributed by atoms with Crippen LogP contribution in [0.4, 0.5) is 0 Å². The van der Waals surface area contributed by atoms with E-state index in [0.717, 1.165) is 21.5 Å². The zero-order chi connectivity index (χ0) is 24.1. The van der Waals surface area contributed by atoms with Gasteiger partial charge in [0.15, 0.2) is 5.92 Å². The number of nitrogens with one attached hydrogen (secondary N) is 1. The molecule has 0 bridgehead atoms. The third-order valence-corrected chi connectivity index (χ3v) is 7.97. The van der Waals surface area contributed by atoms with Crippen molar-refractivity contribution in [2.45, 2.75) is 23.8 Å². The molecule has 2 heterocycles. The van der Waals surface area contributed by atoms with Crippen LogP contribution in [0.25, 0.3) is 10.9 Å². The van der Waals surface area contributed by atoms with Gasteiger partial charge in [0, 0.05) is 28.4 Å². The number of benzene rings is 2. The van der Waals surface area contributed by atoms with E-state index in [2.05, 4.69) is 22.0 Å². The second-order valence-corrected chi connectivity index (χ2v) is 10.1. The summed E-state index contributed by atoms with van der Waals surface area (Å²) in [4.78, 5) is 31.6. The molecule has 1 aromatic heterocycles. The van der Waals surface area contributed by atoms with Crippen LogP contribution >= 0.6 is 0 Å². The number of carbonyl (C=O) groups excluding carboxylic acids is 2. The minimum Gasteiger partial charge on any atom is -0.468 e. The normalized spacial score (nSPS) is 19.7. The smallest absolute Gasteiger partial charge is 0.320 e. The van der Waals surface area contributed by atoms with Crippen LogP contribution in [0.2, 0.25) is 0 Å². The molecular weight excluding hydrogens is 452 g/mol. The standard InChI is InChI=1S/C26H30N2O5S/c1-32-25(29)24(26(30)33-2)19-12-13-28(14-15-34(31)20-9-4-3-5-10-20)23(17-19)22-16-18-8-6-7-11-21(18)27-22/h3-11,16,19,23-24,27H,12-15,17H2,1-2H3/t19-,23+,34?/m1/s1. The van der Waals surface area contributed by atoms with Crippen molar-refractivity contribution >= 4 is 33.6 Å². The van der Waals surface area contributed by atoms with Crippen molar-refractivity contribution in [3.63, 3.8) is 0 Å². The number of fused-ring (bicyclic) bond motifs is 1. The molecular formula is C26H30N2O5S. The largest absolute Gasteiger partial charge is 0.468 e. The third kappa shape index (κ3) is 5.23. The van der Waals surface area contributed by atoms with Gasteiger partial charge >= 0.3 is 11.9 Å². The lowest BCUT2D eigenvalue weighted by Crippen LogP contribution is -2.44. The summed E-state index contributed by atoms with van der Waals surface area (Å²) in [6.45, 7) is 1.30. The summed E-state index contributed by atoms with van der Waals surface area (Å²) in [6, 6.07) is 19.6. The SMILES string of the molecule is COC(=O)C(C(=O)OC)[C@@H]1CCN(CCS(=O)c2ccccc2)[C@H](c2cc3ccccc3[nH]2)C1. The summed E-state index contributed by atoms with van der Waals surface area (Å²) in [6.07, 6.45) is 1.23. The van der Waals surface area contributed by atoms with E-state index in [4.69, 9.17) is 9.47 Å². The Balaban J connectivity index is 1.59. The van der Waals surface area contributed by atoms with Gasteiger partial charge in [-0.25, -0.2) is 0 Å². The number of methoxy groups -OCH3 is 2. The number of rotatable bonds is 8.